The third kappa shape index (κ3) is 20.7. The number of pyridine rings is 1. The van der Waals surface area contributed by atoms with Crippen molar-refractivity contribution in [2.45, 2.75) is 80.1 Å². The quantitative estimate of drug-likeness (QED) is 0.0240. The Kier molecular flexibility index (Phi) is 31.6. The summed E-state index contributed by atoms with van der Waals surface area (Å²) in [5.74, 6) is 5.52. The van der Waals surface area contributed by atoms with Gasteiger partial charge < -0.3 is 98.8 Å². The molecule has 1 aromatic heterocycles. The number of hydrogen-bond donors (Lipinski definition) is 11. The molecule has 0 unspecified atom stereocenters. The van der Waals surface area contributed by atoms with Crippen LogP contribution in [0.4, 0.5) is 0 Å². The summed E-state index contributed by atoms with van der Waals surface area (Å²) in [7, 11) is 7.72. The Morgan fingerprint density at radius 3 is 0.961 bits per heavy atom. The van der Waals surface area contributed by atoms with Crippen LogP contribution in [0.3, 0.4) is 0 Å². The second-order valence-electron chi connectivity index (χ2n) is 29.1. The molecule has 0 spiro atoms. The summed E-state index contributed by atoms with van der Waals surface area (Å²) < 4.78 is 48.9. The van der Waals surface area contributed by atoms with Gasteiger partial charge in [0, 0.05) is 77.7 Å². The fourth-order valence-electron chi connectivity index (χ4n) is 15.2. The minimum absolute atomic E-state index is 0. The maximum atomic E-state index is 9.69. The van der Waals surface area contributed by atoms with E-state index in [-0.39, 0.29) is 86.9 Å². The lowest BCUT2D eigenvalue weighted by atomic mass is 9.95. The summed E-state index contributed by atoms with van der Waals surface area (Å²) in [4.78, 5) is 49.7. The molecule has 8 heterocycles. The van der Waals surface area contributed by atoms with E-state index < -0.39 is 0 Å². The highest BCUT2D eigenvalue weighted by Gasteiger charge is 2.29. The first-order valence-electron chi connectivity index (χ1n) is 40.7. The maximum Gasteiger partial charge on any atom is 0.231 e. The Morgan fingerprint density at radius 2 is 0.589 bits per heavy atom. The predicted molar refractivity (Wildman–Crippen MR) is 491 cm³/mol. The first-order valence-corrected chi connectivity index (χ1v) is 40.7. The molecule has 7 aliphatic heterocycles. The van der Waals surface area contributed by atoms with Crippen LogP contribution in [0.15, 0.2) is 238 Å². The number of aliphatic hydroxyl groups is 11. The number of aliphatic imine (C=N–C) groups is 10. The monoisotopic (exact) mass is 1750 g/mol. The van der Waals surface area contributed by atoms with E-state index >= 15 is 0 Å². The van der Waals surface area contributed by atoms with Gasteiger partial charge in [-0.15, -0.1) is 0 Å². The van der Waals surface area contributed by atoms with Crippen LogP contribution in [0.5, 0.6) is 51.7 Å². The summed E-state index contributed by atoms with van der Waals surface area (Å²) in [6.45, 7) is 1.28. The number of ether oxygens (including phenoxy) is 9. The third-order valence-electron chi connectivity index (χ3n) is 21.7. The Hall–Kier alpha value is -13.9. The van der Waals surface area contributed by atoms with Crippen LogP contribution in [-0.2, 0) is 72.7 Å². The van der Waals surface area contributed by atoms with E-state index in [1.165, 1.54) is 28.4 Å². The zero-order valence-corrected chi connectivity index (χ0v) is 70.8. The van der Waals surface area contributed by atoms with Gasteiger partial charge in [0.1, 0.15) is 81.0 Å². The number of methoxy groups -OCH3 is 5. The van der Waals surface area contributed by atoms with E-state index in [0.717, 1.165) is 118 Å². The predicted octanol–water partition coefficient (Wildman–Crippen LogP) is 9.82. The molecular formula is C98H99N11O20. The van der Waals surface area contributed by atoms with E-state index in [2.05, 4.69) is 49.9 Å². The lowest BCUT2D eigenvalue weighted by Gasteiger charge is -2.19. The van der Waals surface area contributed by atoms with Gasteiger partial charge in [-0.3, -0.25) is 49.9 Å². The summed E-state index contributed by atoms with van der Waals surface area (Å²) in [6, 6.07) is 58.4. The summed E-state index contributed by atoms with van der Waals surface area (Å²) in [5.41, 5.74) is 23.8. The molecule has 0 amide bonds. The van der Waals surface area contributed by atoms with Crippen molar-refractivity contribution in [3.05, 3.63) is 305 Å². The zero-order valence-electron chi connectivity index (χ0n) is 70.8. The molecular weight excluding hydrogens is 1650 g/mol. The van der Waals surface area contributed by atoms with Crippen molar-refractivity contribution in [1.29, 1.82) is 0 Å². The standard InChI is InChI=1S/C21H19N3O3.C20H20N2O5.C19H18N2O5.C19H20N2O4.C18H18N2O3.CH4/c1-27-19-9-14(8-15(10-25)16(19)11-26)20-21(23-12-22-20)18-7-6-13-4-2-3-5-17(13)24-18;1-25-17-8-13(6-14(9-23)15(17)10-24)20-19(21-11-22-20)12-2-3-16-18(7-12)27-5-4-26-16;1-24-16-6-12(4-13(7-22)14(16)8-23)19-18(20-9-21-19)11-2-3-15-17(5-11)26-10-25-15;1-25-17-7-14(6-15(9-23)16(17)10-24)19-18(20-11-21-19)13-4-2-12(8-22)3-5-13;1-23-16-7-13(10-22)6-15(8-16)18-17(19-11-20-18)14-4-2-12(9-21)3-5-14;/h2-9,25-26H,10-12H2,1H3;2-3,6-8,23-24H,4-5,9-11H2,1H3;2-6,22-23H,7-10H2,1H3;2-7,22-24H,8-11H2,1H3;2-8,21-22H,9-11H2,1H3;1H4. The van der Waals surface area contributed by atoms with Gasteiger partial charge in [-0.1, -0.05) is 80.2 Å². The fourth-order valence-corrected chi connectivity index (χ4v) is 15.2. The molecule has 10 aromatic carbocycles. The first kappa shape index (κ1) is 92.7. The number of para-hydroxylation sites is 1. The van der Waals surface area contributed by atoms with E-state index in [9.17, 15) is 51.1 Å². The number of fused-ring (bicyclic) bond motifs is 3. The number of aromatic nitrogens is 1. The molecule has 0 bridgehead atoms. The second kappa shape index (κ2) is 44.0. The number of benzene rings is 10. The van der Waals surface area contributed by atoms with Crippen molar-refractivity contribution in [3.63, 3.8) is 0 Å². The molecule has 31 nitrogen and oxygen atoms in total. The smallest absolute Gasteiger partial charge is 0.231 e. The van der Waals surface area contributed by atoms with Gasteiger partial charge in [-0.2, -0.15) is 0 Å². The molecule has 0 saturated carbocycles. The van der Waals surface area contributed by atoms with E-state index in [1.54, 1.807) is 37.4 Å². The molecule has 7 aliphatic rings. The van der Waals surface area contributed by atoms with E-state index in [1.807, 2.05) is 158 Å². The lowest BCUT2D eigenvalue weighted by molar-refractivity contribution is 0.171. The molecule has 11 aromatic rings. The minimum atomic E-state index is -0.213. The molecule has 0 radical (unpaired) electrons. The average molecular weight is 1750 g/mol. The molecule has 129 heavy (non-hydrogen) atoms. The molecule has 0 saturated heterocycles. The van der Waals surface area contributed by atoms with Gasteiger partial charge in [0.25, 0.3) is 0 Å². The number of rotatable bonds is 26. The second-order valence-corrected chi connectivity index (χ2v) is 29.1. The van der Waals surface area contributed by atoms with Gasteiger partial charge in [0.05, 0.1) is 171 Å². The molecule has 0 aliphatic carbocycles. The lowest BCUT2D eigenvalue weighted by Crippen LogP contribution is -2.18. The Labute approximate surface area is 743 Å². The molecule has 666 valence electrons. The first-order chi connectivity index (χ1) is 62.7. The summed E-state index contributed by atoms with van der Waals surface area (Å²) >= 11 is 0. The maximum absolute atomic E-state index is 9.69. The van der Waals surface area contributed by atoms with Crippen molar-refractivity contribution in [1.82, 2.24) is 4.98 Å². The molecule has 0 atom stereocenters. The Bertz CT molecular complexity index is 6140. The van der Waals surface area contributed by atoms with Gasteiger partial charge in [0.2, 0.25) is 6.79 Å². The molecule has 11 N–H and O–H groups in total. The van der Waals surface area contributed by atoms with Crippen LogP contribution >= 0.6 is 0 Å². The van der Waals surface area contributed by atoms with Crippen LogP contribution in [0.25, 0.3) is 10.9 Å². The summed E-state index contributed by atoms with van der Waals surface area (Å²) in [5, 5.41) is 106. The third-order valence-corrected chi connectivity index (χ3v) is 21.7. The largest absolute Gasteiger partial charge is 0.497 e. The summed E-state index contributed by atoms with van der Waals surface area (Å²) in [6.07, 6.45) is 0. The minimum Gasteiger partial charge on any atom is -0.497 e. The molecule has 18 rings (SSSR count). The van der Waals surface area contributed by atoms with Crippen molar-refractivity contribution in [2.75, 3.05) is 88.9 Å². The van der Waals surface area contributed by atoms with E-state index in [4.69, 9.17) is 52.7 Å². The number of aliphatic hydroxyl groups excluding tert-OH is 11. The van der Waals surface area contributed by atoms with E-state index in [0.29, 0.717) is 166 Å². The van der Waals surface area contributed by atoms with Crippen LogP contribution in [-0.4, -0.2) is 207 Å². The highest BCUT2D eigenvalue weighted by molar-refractivity contribution is 6.57. The Balaban J connectivity index is 0.000000138. The fraction of sp³-hybridized carbons (Fsp3) is 0.255. The van der Waals surface area contributed by atoms with Crippen molar-refractivity contribution >= 4 is 68.0 Å². The van der Waals surface area contributed by atoms with Gasteiger partial charge in [-0.25, -0.2) is 4.98 Å². The van der Waals surface area contributed by atoms with Crippen LogP contribution in [0.1, 0.15) is 124 Å². The van der Waals surface area contributed by atoms with Gasteiger partial charge in [0.15, 0.2) is 23.0 Å². The molecule has 31 heteroatoms. The van der Waals surface area contributed by atoms with Crippen LogP contribution in [0, 0.1) is 0 Å². The number of nitrogens with zero attached hydrogens (tertiary/aromatic N) is 11. The van der Waals surface area contributed by atoms with Gasteiger partial charge in [-0.05, 0) is 154 Å². The topological polar surface area (TPSA) is 442 Å². The average Bonchev–Trinajstić information content (AvgIpc) is 1.71. The van der Waals surface area contributed by atoms with Gasteiger partial charge >= 0.3 is 0 Å². The Morgan fingerprint density at radius 1 is 0.264 bits per heavy atom. The normalized spacial score (nSPS) is 14.2. The zero-order chi connectivity index (χ0) is 89.7. The van der Waals surface area contributed by atoms with Crippen LogP contribution in [0.2, 0.25) is 0 Å². The highest BCUT2D eigenvalue weighted by Crippen LogP contribution is 2.38. The number of hydrogen-bond acceptors (Lipinski definition) is 31. The van der Waals surface area contributed by atoms with Crippen molar-refractivity contribution in [3.8, 4) is 51.7 Å². The van der Waals surface area contributed by atoms with Crippen molar-refractivity contribution in [2.24, 2.45) is 49.9 Å². The highest BCUT2D eigenvalue weighted by atomic mass is 16.7. The molecule has 0 fully saturated rings. The van der Waals surface area contributed by atoms with Crippen molar-refractivity contribution < 1.29 is 98.8 Å². The SMILES string of the molecule is C.COc1cc(C2=NCN=C2c2ccc(CO)cc2)cc(CO)c1CO.COc1cc(C2=NCN=C2c2ccc3c(c2)OCCO3)cc(CO)c1CO.COc1cc(C2=NCN=C2c2ccc3c(c2)OCO3)cc(CO)c1CO.COc1cc(C2=NCN=C2c2ccc3ccccc3n2)cc(CO)c1CO.COc1cc(CO)cc(C2=NCN=C2c2ccc(CO)cc2)c1. The van der Waals surface area contributed by atoms with Crippen LogP contribution < -0.4 is 42.6 Å².